The van der Waals surface area contributed by atoms with Crippen LogP contribution in [0.2, 0.25) is 0 Å². The Morgan fingerprint density at radius 3 is 2.75 bits per heavy atom. The Balaban J connectivity index is 1.47. The fraction of sp³-hybridized carbons (Fsp3) is 0.300. The SMILES string of the molecule is Cc1ccc(S(=O)(=O)N2CCC[C@@H]2C(=O)NCc2cn3ccccc3n2)cc1. The average Bonchev–Trinajstić information content (AvgIpc) is 3.33. The molecule has 1 fully saturated rings. The van der Waals surface area contributed by atoms with Crippen molar-refractivity contribution in [3.63, 3.8) is 0 Å². The highest BCUT2D eigenvalue weighted by atomic mass is 32.2. The summed E-state index contributed by atoms with van der Waals surface area (Å²) in [6.45, 7) is 2.51. The van der Waals surface area contributed by atoms with Crippen molar-refractivity contribution in [2.24, 2.45) is 0 Å². The number of aromatic nitrogens is 2. The molecule has 1 aromatic carbocycles. The number of fused-ring (bicyclic) bond motifs is 1. The van der Waals surface area contributed by atoms with Crippen LogP contribution in [0.4, 0.5) is 0 Å². The van der Waals surface area contributed by atoms with E-state index in [1.165, 1.54) is 4.31 Å². The maximum atomic E-state index is 13.0. The molecule has 28 heavy (non-hydrogen) atoms. The van der Waals surface area contributed by atoms with Gasteiger partial charge in [-0.05, 0) is 44.0 Å². The van der Waals surface area contributed by atoms with Gasteiger partial charge >= 0.3 is 0 Å². The zero-order chi connectivity index (χ0) is 19.7. The summed E-state index contributed by atoms with van der Waals surface area (Å²) in [5, 5.41) is 2.84. The van der Waals surface area contributed by atoms with Gasteiger partial charge in [-0.3, -0.25) is 4.79 Å². The summed E-state index contributed by atoms with van der Waals surface area (Å²) in [7, 11) is -3.70. The van der Waals surface area contributed by atoms with E-state index < -0.39 is 16.1 Å². The van der Waals surface area contributed by atoms with E-state index >= 15 is 0 Å². The molecule has 1 aliphatic rings. The first kappa shape index (κ1) is 18.6. The van der Waals surface area contributed by atoms with Gasteiger partial charge in [-0.25, -0.2) is 13.4 Å². The Hall–Kier alpha value is -2.71. The molecule has 0 bridgehead atoms. The average molecular weight is 398 g/mol. The van der Waals surface area contributed by atoms with Gasteiger partial charge in [0.05, 0.1) is 17.1 Å². The number of amides is 1. The summed E-state index contributed by atoms with van der Waals surface area (Å²) >= 11 is 0. The van der Waals surface area contributed by atoms with Crippen molar-refractivity contribution in [3.8, 4) is 0 Å². The van der Waals surface area contributed by atoms with Crippen LogP contribution in [0.5, 0.6) is 0 Å². The summed E-state index contributed by atoms with van der Waals surface area (Å²) in [6.07, 6.45) is 4.92. The van der Waals surface area contributed by atoms with Crippen molar-refractivity contribution in [2.75, 3.05) is 6.54 Å². The molecule has 0 spiro atoms. The van der Waals surface area contributed by atoms with Gasteiger partial charge in [0.1, 0.15) is 11.7 Å². The van der Waals surface area contributed by atoms with Crippen LogP contribution < -0.4 is 5.32 Å². The number of hydrogen-bond donors (Lipinski definition) is 1. The molecular formula is C20H22N4O3S. The van der Waals surface area contributed by atoms with Gasteiger partial charge in [0.25, 0.3) is 0 Å². The smallest absolute Gasteiger partial charge is 0.243 e. The van der Waals surface area contributed by atoms with Crippen molar-refractivity contribution in [1.29, 1.82) is 0 Å². The molecule has 1 atom stereocenters. The number of pyridine rings is 1. The predicted molar refractivity (Wildman–Crippen MR) is 105 cm³/mol. The third-order valence-electron chi connectivity index (χ3n) is 4.99. The van der Waals surface area contributed by atoms with E-state index in [1.54, 1.807) is 24.3 Å². The summed E-state index contributed by atoms with van der Waals surface area (Å²) in [5.74, 6) is -0.287. The van der Waals surface area contributed by atoms with E-state index in [1.807, 2.05) is 41.9 Å². The molecule has 0 unspecified atom stereocenters. The molecule has 3 heterocycles. The normalized spacial score (nSPS) is 17.8. The molecule has 3 aromatic rings. The standard InChI is InChI=1S/C20H22N4O3S/c1-15-7-9-17(10-8-15)28(26,27)24-12-4-5-18(24)20(25)21-13-16-14-23-11-3-2-6-19(23)22-16/h2-3,6-11,14,18H,4-5,12-13H2,1H3,(H,21,25)/t18-/m1/s1. The minimum absolute atomic E-state index is 0.221. The number of carbonyl (C=O) groups is 1. The molecule has 0 saturated carbocycles. The van der Waals surface area contributed by atoms with Crippen LogP contribution in [0.15, 0.2) is 59.8 Å². The summed E-state index contributed by atoms with van der Waals surface area (Å²) < 4.78 is 29.2. The molecular weight excluding hydrogens is 376 g/mol. The monoisotopic (exact) mass is 398 g/mol. The summed E-state index contributed by atoms with van der Waals surface area (Å²) in [6, 6.07) is 11.7. The van der Waals surface area contributed by atoms with Crippen molar-refractivity contribution in [2.45, 2.75) is 37.2 Å². The van der Waals surface area contributed by atoms with Crippen LogP contribution in [0.25, 0.3) is 5.65 Å². The third-order valence-corrected chi connectivity index (χ3v) is 6.91. The van der Waals surface area contributed by atoms with Crippen molar-refractivity contribution < 1.29 is 13.2 Å². The first-order valence-corrected chi connectivity index (χ1v) is 10.7. The number of nitrogens with zero attached hydrogens (tertiary/aromatic N) is 3. The minimum Gasteiger partial charge on any atom is -0.349 e. The van der Waals surface area contributed by atoms with E-state index in [9.17, 15) is 13.2 Å². The fourth-order valence-corrected chi connectivity index (χ4v) is 5.16. The molecule has 1 N–H and O–H groups in total. The van der Waals surface area contributed by atoms with Crippen LogP contribution in [0, 0.1) is 6.92 Å². The molecule has 2 aromatic heterocycles. The van der Waals surface area contributed by atoms with Crippen LogP contribution in [0.1, 0.15) is 24.1 Å². The predicted octanol–water partition coefficient (Wildman–Crippen LogP) is 2.11. The van der Waals surface area contributed by atoms with Crippen molar-refractivity contribution in [1.82, 2.24) is 19.0 Å². The van der Waals surface area contributed by atoms with Crippen LogP contribution in [0.3, 0.4) is 0 Å². The Kier molecular flexibility index (Phi) is 4.91. The van der Waals surface area contributed by atoms with Crippen LogP contribution in [-0.2, 0) is 21.4 Å². The van der Waals surface area contributed by atoms with Crippen molar-refractivity contribution in [3.05, 3.63) is 66.1 Å². The van der Waals surface area contributed by atoms with Gasteiger partial charge in [0, 0.05) is 18.9 Å². The Labute approximate surface area is 164 Å². The molecule has 1 aliphatic heterocycles. The molecule has 4 rings (SSSR count). The van der Waals surface area contributed by atoms with Crippen molar-refractivity contribution >= 4 is 21.6 Å². The number of hydrogen-bond acceptors (Lipinski definition) is 4. The minimum atomic E-state index is -3.70. The Morgan fingerprint density at radius 2 is 2.00 bits per heavy atom. The van der Waals surface area contributed by atoms with Gasteiger partial charge in [-0.1, -0.05) is 23.8 Å². The first-order valence-electron chi connectivity index (χ1n) is 9.24. The van der Waals surface area contributed by atoms with E-state index in [0.29, 0.717) is 19.4 Å². The number of nitrogens with one attached hydrogen (secondary N) is 1. The lowest BCUT2D eigenvalue weighted by Crippen LogP contribution is -2.45. The summed E-state index contributed by atoms with van der Waals surface area (Å²) in [5.41, 5.74) is 2.52. The van der Waals surface area contributed by atoms with Gasteiger partial charge in [0.15, 0.2) is 0 Å². The van der Waals surface area contributed by atoms with Gasteiger partial charge in [-0.15, -0.1) is 0 Å². The number of rotatable bonds is 5. The second-order valence-corrected chi connectivity index (χ2v) is 8.89. The molecule has 0 aliphatic carbocycles. The lowest BCUT2D eigenvalue weighted by Gasteiger charge is -2.23. The highest BCUT2D eigenvalue weighted by molar-refractivity contribution is 7.89. The number of benzene rings is 1. The topological polar surface area (TPSA) is 83.8 Å². The highest BCUT2D eigenvalue weighted by Gasteiger charge is 2.39. The molecule has 0 radical (unpaired) electrons. The van der Waals surface area contributed by atoms with E-state index in [-0.39, 0.29) is 17.3 Å². The fourth-order valence-electron chi connectivity index (χ4n) is 3.50. The maximum Gasteiger partial charge on any atom is 0.243 e. The quantitative estimate of drug-likeness (QED) is 0.714. The number of sulfonamides is 1. The van der Waals surface area contributed by atoms with Gasteiger partial charge < -0.3 is 9.72 Å². The van der Waals surface area contributed by atoms with E-state index in [0.717, 1.165) is 16.9 Å². The Morgan fingerprint density at radius 1 is 1.21 bits per heavy atom. The third kappa shape index (κ3) is 3.53. The maximum absolute atomic E-state index is 13.0. The summed E-state index contributed by atoms with van der Waals surface area (Å²) in [4.78, 5) is 17.4. The molecule has 7 nitrogen and oxygen atoms in total. The number of carbonyl (C=O) groups excluding carboxylic acids is 1. The van der Waals surface area contributed by atoms with Crippen LogP contribution >= 0.6 is 0 Å². The number of imidazole rings is 1. The highest BCUT2D eigenvalue weighted by Crippen LogP contribution is 2.26. The Bertz CT molecular complexity index is 1070. The molecule has 146 valence electrons. The molecule has 8 heteroatoms. The lowest BCUT2D eigenvalue weighted by molar-refractivity contribution is -0.124. The number of aryl methyl sites for hydroxylation is 1. The van der Waals surface area contributed by atoms with Crippen LogP contribution in [-0.4, -0.2) is 40.6 Å². The molecule has 1 saturated heterocycles. The van der Waals surface area contributed by atoms with E-state index in [4.69, 9.17) is 0 Å². The zero-order valence-electron chi connectivity index (χ0n) is 15.6. The zero-order valence-corrected chi connectivity index (χ0v) is 16.4. The van der Waals surface area contributed by atoms with Gasteiger partial charge in [-0.2, -0.15) is 4.31 Å². The largest absolute Gasteiger partial charge is 0.349 e. The second kappa shape index (κ2) is 7.37. The van der Waals surface area contributed by atoms with Gasteiger partial charge in [0.2, 0.25) is 15.9 Å². The lowest BCUT2D eigenvalue weighted by atomic mass is 10.2. The second-order valence-electron chi connectivity index (χ2n) is 7.00. The first-order chi connectivity index (χ1) is 13.4. The molecule has 1 amide bonds. The van der Waals surface area contributed by atoms with E-state index in [2.05, 4.69) is 10.3 Å².